The van der Waals surface area contributed by atoms with Gasteiger partial charge in [-0.25, -0.2) is 0 Å². The van der Waals surface area contributed by atoms with Gasteiger partial charge in [0.25, 0.3) is 0 Å². The SMILES string of the molecule is CB(C)c1ccc2c(c1)-c1ccccc1C2(C)C. The lowest BCUT2D eigenvalue weighted by molar-refractivity contribution is 0.660. The van der Waals surface area contributed by atoms with E-state index in [2.05, 4.69) is 70.0 Å². The van der Waals surface area contributed by atoms with Crippen LogP contribution in [0.25, 0.3) is 11.1 Å². The van der Waals surface area contributed by atoms with Gasteiger partial charge in [0.1, 0.15) is 0 Å². The molecule has 0 radical (unpaired) electrons. The van der Waals surface area contributed by atoms with Crippen LogP contribution < -0.4 is 5.46 Å². The molecule has 0 atom stereocenters. The van der Waals surface area contributed by atoms with Crippen LogP contribution in [0.15, 0.2) is 42.5 Å². The molecule has 0 N–H and O–H groups in total. The smallest absolute Gasteiger partial charge is 0.0819 e. The van der Waals surface area contributed by atoms with Crippen LogP contribution in [-0.4, -0.2) is 6.71 Å². The molecule has 1 aliphatic carbocycles. The number of fused-ring (bicyclic) bond motifs is 3. The summed E-state index contributed by atoms with van der Waals surface area (Å²) in [6.07, 6.45) is 0. The van der Waals surface area contributed by atoms with E-state index >= 15 is 0 Å². The lowest BCUT2D eigenvalue weighted by Gasteiger charge is -2.21. The largest absolute Gasteiger partial charge is 0.169 e. The molecule has 0 aliphatic heterocycles. The Morgan fingerprint density at radius 3 is 2.22 bits per heavy atom. The second kappa shape index (κ2) is 3.75. The van der Waals surface area contributed by atoms with Crippen LogP contribution in [0.4, 0.5) is 0 Å². The molecule has 1 aliphatic rings. The van der Waals surface area contributed by atoms with Crippen LogP contribution in [0, 0.1) is 0 Å². The van der Waals surface area contributed by atoms with E-state index in [0.717, 1.165) is 0 Å². The number of benzene rings is 2. The van der Waals surface area contributed by atoms with Crippen LogP contribution in [0.3, 0.4) is 0 Å². The van der Waals surface area contributed by atoms with E-state index in [1.54, 1.807) is 0 Å². The highest BCUT2D eigenvalue weighted by Gasteiger charge is 2.34. The Labute approximate surface area is 110 Å². The number of hydrogen-bond acceptors (Lipinski definition) is 0. The standard InChI is InChI=1S/C17H19B/c1-17(2)15-8-6-5-7-13(15)14-11-12(18(3)4)9-10-16(14)17/h5-11H,1-4H3. The number of hydrogen-bond donors (Lipinski definition) is 0. The first-order valence-electron chi connectivity index (χ1n) is 6.76. The Bertz CT molecular complexity index is 609. The van der Waals surface area contributed by atoms with Crippen LogP contribution in [-0.2, 0) is 5.41 Å². The predicted molar refractivity (Wildman–Crippen MR) is 81.1 cm³/mol. The van der Waals surface area contributed by atoms with Crippen molar-refractivity contribution in [1.82, 2.24) is 0 Å². The van der Waals surface area contributed by atoms with Gasteiger partial charge < -0.3 is 0 Å². The summed E-state index contributed by atoms with van der Waals surface area (Å²) < 4.78 is 0. The van der Waals surface area contributed by atoms with E-state index in [0.29, 0.717) is 6.71 Å². The summed E-state index contributed by atoms with van der Waals surface area (Å²) in [5.74, 6) is 0. The Hall–Kier alpha value is -1.50. The first-order chi connectivity index (χ1) is 8.51. The molecule has 18 heavy (non-hydrogen) atoms. The molecule has 2 aromatic rings. The lowest BCUT2D eigenvalue weighted by Crippen LogP contribution is -2.23. The second-order valence-electron chi connectivity index (χ2n) is 6.13. The maximum atomic E-state index is 2.38. The first kappa shape index (κ1) is 11.6. The van der Waals surface area contributed by atoms with Crippen molar-refractivity contribution >= 4 is 12.2 Å². The molecule has 0 bridgehead atoms. The van der Waals surface area contributed by atoms with Gasteiger partial charge in [0, 0.05) is 5.41 Å². The molecular formula is C17H19B. The Kier molecular flexibility index (Phi) is 2.41. The molecule has 0 nitrogen and oxygen atoms in total. The zero-order valence-corrected chi connectivity index (χ0v) is 11.6. The maximum Gasteiger partial charge on any atom is 0.169 e. The van der Waals surface area contributed by atoms with Gasteiger partial charge >= 0.3 is 0 Å². The quantitative estimate of drug-likeness (QED) is 0.655. The van der Waals surface area contributed by atoms with Crippen molar-refractivity contribution in [1.29, 1.82) is 0 Å². The average molecular weight is 234 g/mol. The van der Waals surface area contributed by atoms with Crippen LogP contribution in [0.1, 0.15) is 25.0 Å². The van der Waals surface area contributed by atoms with E-state index < -0.39 is 0 Å². The van der Waals surface area contributed by atoms with E-state index in [1.807, 2.05) is 0 Å². The molecule has 0 spiro atoms. The molecule has 0 unspecified atom stereocenters. The van der Waals surface area contributed by atoms with Gasteiger partial charge in [-0.05, 0) is 22.3 Å². The minimum absolute atomic E-state index is 0.140. The van der Waals surface area contributed by atoms with Gasteiger partial charge in [0.2, 0.25) is 0 Å². The summed E-state index contributed by atoms with van der Waals surface area (Å²) >= 11 is 0. The Balaban J connectivity index is 2.30. The summed E-state index contributed by atoms with van der Waals surface area (Å²) in [7, 11) is 0. The summed E-state index contributed by atoms with van der Waals surface area (Å²) in [4.78, 5) is 0. The topological polar surface area (TPSA) is 0 Å². The Morgan fingerprint density at radius 2 is 1.50 bits per heavy atom. The summed E-state index contributed by atoms with van der Waals surface area (Å²) in [5, 5.41) is 0. The fraction of sp³-hybridized carbons (Fsp3) is 0.294. The highest BCUT2D eigenvalue weighted by molar-refractivity contribution is 6.70. The molecule has 0 aromatic heterocycles. The third-order valence-electron chi connectivity index (χ3n) is 4.27. The van der Waals surface area contributed by atoms with E-state index in [9.17, 15) is 0 Å². The Morgan fingerprint density at radius 1 is 0.833 bits per heavy atom. The van der Waals surface area contributed by atoms with Crippen molar-refractivity contribution in [3.8, 4) is 11.1 Å². The monoisotopic (exact) mass is 234 g/mol. The van der Waals surface area contributed by atoms with Crippen LogP contribution in [0.5, 0.6) is 0 Å². The maximum absolute atomic E-state index is 2.38. The summed E-state index contributed by atoms with van der Waals surface area (Å²) in [6.45, 7) is 9.76. The van der Waals surface area contributed by atoms with Gasteiger partial charge in [-0.3, -0.25) is 0 Å². The fourth-order valence-corrected chi connectivity index (χ4v) is 3.10. The minimum Gasteiger partial charge on any atom is -0.0819 e. The fourth-order valence-electron chi connectivity index (χ4n) is 3.10. The van der Waals surface area contributed by atoms with Crippen molar-refractivity contribution in [3.05, 3.63) is 53.6 Å². The van der Waals surface area contributed by atoms with Crippen LogP contribution >= 0.6 is 0 Å². The molecular weight excluding hydrogens is 215 g/mol. The third-order valence-corrected chi connectivity index (χ3v) is 4.27. The lowest BCUT2D eigenvalue weighted by atomic mass is 9.49. The highest BCUT2D eigenvalue weighted by atomic mass is 14.4. The highest BCUT2D eigenvalue weighted by Crippen LogP contribution is 2.47. The van der Waals surface area contributed by atoms with Gasteiger partial charge in [0.15, 0.2) is 6.71 Å². The zero-order valence-electron chi connectivity index (χ0n) is 11.6. The van der Waals surface area contributed by atoms with E-state index in [1.165, 1.54) is 27.7 Å². The van der Waals surface area contributed by atoms with E-state index in [4.69, 9.17) is 0 Å². The molecule has 90 valence electrons. The van der Waals surface area contributed by atoms with Crippen LogP contribution in [0.2, 0.25) is 13.6 Å². The van der Waals surface area contributed by atoms with Gasteiger partial charge in [0.05, 0.1) is 0 Å². The molecule has 3 rings (SSSR count). The number of rotatable bonds is 1. The van der Waals surface area contributed by atoms with Crippen molar-refractivity contribution in [2.24, 2.45) is 0 Å². The molecule has 0 saturated heterocycles. The molecule has 1 heteroatoms. The summed E-state index contributed by atoms with van der Waals surface area (Å²) in [6, 6.07) is 15.8. The van der Waals surface area contributed by atoms with Gasteiger partial charge in [-0.1, -0.05) is 75.4 Å². The predicted octanol–water partition coefficient (Wildman–Crippen LogP) is 3.95. The molecule has 0 fully saturated rings. The molecule has 2 aromatic carbocycles. The van der Waals surface area contributed by atoms with Gasteiger partial charge in [-0.2, -0.15) is 0 Å². The molecule has 0 saturated carbocycles. The van der Waals surface area contributed by atoms with Crippen molar-refractivity contribution in [2.75, 3.05) is 0 Å². The zero-order chi connectivity index (χ0) is 12.9. The summed E-state index contributed by atoms with van der Waals surface area (Å²) in [5.41, 5.74) is 7.35. The molecule has 0 amide bonds. The van der Waals surface area contributed by atoms with Crippen molar-refractivity contribution in [2.45, 2.75) is 32.9 Å². The third kappa shape index (κ3) is 1.46. The van der Waals surface area contributed by atoms with E-state index in [-0.39, 0.29) is 5.41 Å². The van der Waals surface area contributed by atoms with Crippen molar-refractivity contribution < 1.29 is 0 Å². The first-order valence-corrected chi connectivity index (χ1v) is 6.76. The minimum atomic E-state index is 0.140. The molecule has 0 heterocycles. The normalized spacial score (nSPS) is 15.1. The average Bonchev–Trinajstić information content (AvgIpc) is 2.59. The van der Waals surface area contributed by atoms with Crippen molar-refractivity contribution in [3.63, 3.8) is 0 Å². The second-order valence-corrected chi connectivity index (χ2v) is 6.13. The van der Waals surface area contributed by atoms with Gasteiger partial charge in [-0.15, -0.1) is 0 Å².